The van der Waals surface area contributed by atoms with Gasteiger partial charge in [0.05, 0.1) is 0 Å². The maximum absolute atomic E-state index is 11.8. The Kier molecular flexibility index (Phi) is 3.72. The molecule has 0 saturated heterocycles. The van der Waals surface area contributed by atoms with Crippen LogP contribution in [-0.4, -0.2) is 33.2 Å². The van der Waals surface area contributed by atoms with E-state index >= 15 is 0 Å². The first-order chi connectivity index (χ1) is 8.67. The third-order valence-electron chi connectivity index (χ3n) is 3.04. The molecule has 18 heavy (non-hydrogen) atoms. The number of rotatable bonds is 3. The fourth-order valence-electron chi connectivity index (χ4n) is 2.09. The Balaban J connectivity index is 2.40. The van der Waals surface area contributed by atoms with Crippen LogP contribution in [0.15, 0.2) is 12.1 Å². The van der Waals surface area contributed by atoms with Crippen LogP contribution in [0.25, 0.3) is 0 Å². The molecule has 0 aliphatic carbocycles. The van der Waals surface area contributed by atoms with Gasteiger partial charge in [-0.05, 0) is 37.2 Å². The number of aryl methyl sites for hydroxylation is 1. The van der Waals surface area contributed by atoms with E-state index in [2.05, 4.69) is 10.6 Å². The number of likely N-dealkylation sites (N-methyl/N-ethyl adjacent to an activating group) is 2. The predicted octanol–water partition coefficient (Wildman–Crippen LogP) is 0.773. The highest BCUT2D eigenvalue weighted by molar-refractivity contribution is 5.83. The molecule has 1 amide bonds. The van der Waals surface area contributed by atoms with E-state index in [0.29, 0.717) is 19.0 Å². The van der Waals surface area contributed by atoms with Gasteiger partial charge in [-0.2, -0.15) is 0 Å². The molecule has 1 aliphatic heterocycles. The number of hydrogen-bond acceptors (Lipinski definition) is 4. The van der Waals surface area contributed by atoms with E-state index in [1.54, 1.807) is 14.1 Å². The number of nitrogens with one attached hydrogen (secondary N) is 2. The van der Waals surface area contributed by atoms with Crippen LogP contribution >= 0.6 is 0 Å². The largest absolute Gasteiger partial charge is 0.486 e. The third-order valence-corrected chi connectivity index (χ3v) is 3.04. The lowest BCUT2D eigenvalue weighted by Gasteiger charge is -2.23. The van der Waals surface area contributed by atoms with E-state index in [1.807, 2.05) is 19.1 Å². The molecule has 0 saturated carbocycles. The first-order valence-electron chi connectivity index (χ1n) is 5.96. The fraction of sp³-hybridized carbons (Fsp3) is 0.462. The number of fused-ring (bicyclic) bond motifs is 1. The second-order valence-electron chi connectivity index (χ2n) is 4.19. The van der Waals surface area contributed by atoms with Crippen LogP contribution in [0, 0.1) is 6.92 Å². The minimum atomic E-state index is -0.383. The second-order valence-corrected chi connectivity index (χ2v) is 4.19. The minimum absolute atomic E-state index is 0.0720. The molecule has 0 radical (unpaired) electrons. The maximum atomic E-state index is 11.8. The summed E-state index contributed by atoms with van der Waals surface area (Å²) in [5.41, 5.74) is 1.91. The first-order valence-corrected chi connectivity index (χ1v) is 5.96. The van der Waals surface area contributed by atoms with E-state index in [1.165, 1.54) is 0 Å². The zero-order valence-electron chi connectivity index (χ0n) is 10.9. The average Bonchev–Trinajstić information content (AvgIpc) is 2.39. The molecule has 1 atom stereocenters. The van der Waals surface area contributed by atoms with Crippen molar-refractivity contribution < 1.29 is 14.3 Å². The Morgan fingerprint density at radius 2 is 1.83 bits per heavy atom. The van der Waals surface area contributed by atoms with Crippen molar-refractivity contribution in [3.8, 4) is 11.5 Å². The first kappa shape index (κ1) is 12.7. The molecule has 5 heteroatoms. The Morgan fingerprint density at radius 1 is 1.22 bits per heavy atom. The molecule has 98 valence electrons. The van der Waals surface area contributed by atoms with Crippen LogP contribution in [0.4, 0.5) is 0 Å². The molecule has 2 rings (SSSR count). The zero-order valence-corrected chi connectivity index (χ0v) is 10.9. The highest BCUT2D eigenvalue weighted by Crippen LogP contribution is 2.35. The van der Waals surface area contributed by atoms with Crippen LogP contribution in [0.5, 0.6) is 11.5 Å². The highest BCUT2D eigenvalue weighted by Gasteiger charge is 2.22. The van der Waals surface area contributed by atoms with Crippen molar-refractivity contribution >= 4 is 5.91 Å². The summed E-state index contributed by atoms with van der Waals surface area (Å²) < 4.78 is 11.1. The van der Waals surface area contributed by atoms with Crippen molar-refractivity contribution in [3.63, 3.8) is 0 Å². The Hall–Kier alpha value is -1.75. The molecule has 0 bridgehead atoms. The summed E-state index contributed by atoms with van der Waals surface area (Å²) in [6.07, 6.45) is 0. The number of carbonyl (C=O) groups is 1. The van der Waals surface area contributed by atoms with E-state index < -0.39 is 0 Å². The monoisotopic (exact) mass is 250 g/mol. The van der Waals surface area contributed by atoms with Gasteiger partial charge in [-0.1, -0.05) is 0 Å². The quantitative estimate of drug-likeness (QED) is 0.832. The topological polar surface area (TPSA) is 59.6 Å². The molecular formula is C13H18N2O3. The summed E-state index contributed by atoms with van der Waals surface area (Å²) in [6, 6.07) is 3.41. The maximum Gasteiger partial charge on any atom is 0.241 e. The molecule has 2 N–H and O–H groups in total. The smallest absolute Gasteiger partial charge is 0.241 e. The Morgan fingerprint density at radius 3 is 2.39 bits per heavy atom. The summed E-state index contributed by atoms with van der Waals surface area (Å²) in [4.78, 5) is 11.8. The van der Waals surface area contributed by atoms with Gasteiger partial charge in [-0.25, -0.2) is 0 Å². The zero-order chi connectivity index (χ0) is 13.1. The predicted molar refractivity (Wildman–Crippen MR) is 68.0 cm³/mol. The van der Waals surface area contributed by atoms with Crippen molar-refractivity contribution in [2.45, 2.75) is 13.0 Å². The number of hydrogen-bond donors (Lipinski definition) is 2. The van der Waals surface area contributed by atoms with Crippen LogP contribution in [0.3, 0.4) is 0 Å². The van der Waals surface area contributed by atoms with Crippen molar-refractivity contribution in [1.29, 1.82) is 0 Å². The van der Waals surface area contributed by atoms with Gasteiger partial charge in [-0.15, -0.1) is 0 Å². The summed E-state index contributed by atoms with van der Waals surface area (Å²) in [5, 5.41) is 5.66. The summed E-state index contributed by atoms with van der Waals surface area (Å²) in [5.74, 6) is 1.37. The van der Waals surface area contributed by atoms with Gasteiger partial charge in [0.25, 0.3) is 0 Å². The minimum Gasteiger partial charge on any atom is -0.486 e. The van der Waals surface area contributed by atoms with Crippen molar-refractivity contribution in [3.05, 3.63) is 23.3 Å². The van der Waals surface area contributed by atoms with Gasteiger partial charge in [-0.3, -0.25) is 4.79 Å². The third kappa shape index (κ3) is 2.26. The molecule has 1 aromatic carbocycles. The van der Waals surface area contributed by atoms with Gasteiger partial charge in [0.15, 0.2) is 11.5 Å². The molecule has 1 aromatic rings. The van der Waals surface area contributed by atoms with Crippen molar-refractivity contribution in [2.24, 2.45) is 0 Å². The fourth-order valence-corrected chi connectivity index (χ4v) is 2.09. The second kappa shape index (κ2) is 5.27. The van der Waals surface area contributed by atoms with Crippen LogP contribution in [-0.2, 0) is 4.79 Å². The Bertz CT molecular complexity index is 460. The molecular weight excluding hydrogens is 232 g/mol. The lowest BCUT2D eigenvalue weighted by atomic mass is 9.99. The van der Waals surface area contributed by atoms with E-state index in [0.717, 1.165) is 16.9 Å². The van der Waals surface area contributed by atoms with Gasteiger partial charge >= 0.3 is 0 Å². The SMILES string of the molecule is CNC(=O)C(NC)c1cc2c(cc1C)OCCO2. The average molecular weight is 250 g/mol. The van der Waals surface area contributed by atoms with Crippen LogP contribution in [0.1, 0.15) is 17.2 Å². The lowest BCUT2D eigenvalue weighted by Crippen LogP contribution is -2.34. The lowest BCUT2D eigenvalue weighted by molar-refractivity contribution is -0.122. The molecule has 1 unspecified atom stereocenters. The number of amides is 1. The number of carbonyl (C=O) groups excluding carboxylic acids is 1. The summed E-state index contributed by atoms with van der Waals surface area (Å²) >= 11 is 0. The molecule has 0 fully saturated rings. The van der Waals surface area contributed by atoms with E-state index in [4.69, 9.17) is 9.47 Å². The van der Waals surface area contributed by atoms with Gasteiger partial charge in [0.2, 0.25) is 5.91 Å². The number of ether oxygens (including phenoxy) is 2. The summed E-state index contributed by atoms with van der Waals surface area (Å²) in [6.45, 7) is 3.07. The molecule has 5 nitrogen and oxygen atoms in total. The summed E-state index contributed by atoms with van der Waals surface area (Å²) in [7, 11) is 3.39. The standard InChI is InChI=1S/C13H18N2O3/c1-8-6-10-11(18-5-4-17-10)7-9(8)12(14-2)13(16)15-3/h6-7,12,14H,4-5H2,1-3H3,(H,15,16). The molecule has 1 heterocycles. The molecule has 0 aromatic heterocycles. The molecule has 1 aliphatic rings. The Labute approximate surface area is 106 Å². The van der Waals surface area contributed by atoms with Crippen LogP contribution < -0.4 is 20.1 Å². The van der Waals surface area contributed by atoms with E-state index in [-0.39, 0.29) is 11.9 Å². The van der Waals surface area contributed by atoms with Gasteiger partial charge in [0, 0.05) is 7.05 Å². The molecule has 0 spiro atoms. The van der Waals surface area contributed by atoms with Crippen molar-refractivity contribution in [1.82, 2.24) is 10.6 Å². The van der Waals surface area contributed by atoms with Crippen molar-refractivity contribution in [2.75, 3.05) is 27.3 Å². The van der Waals surface area contributed by atoms with Gasteiger partial charge < -0.3 is 20.1 Å². The highest BCUT2D eigenvalue weighted by atomic mass is 16.6. The normalized spacial score (nSPS) is 15.1. The van der Waals surface area contributed by atoms with E-state index in [9.17, 15) is 4.79 Å². The number of benzene rings is 1. The van der Waals surface area contributed by atoms with Crippen LogP contribution in [0.2, 0.25) is 0 Å². The van der Waals surface area contributed by atoms with Gasteiger partial charge in [0.1, 0.15) is 19.3 Å².